The molecule has 0 rings (SSSR count). The van der Waals surface area contributed by atoms with E-state index in [9.17, 15) is 19.8 Å². The van der Waals surface area contributed by atoms with Crippen LogP contribution in [0.1, 0.15) is 393 Å². The van der Waals surface area contributed by atoms with Gasteiger partial charge >= 0.3 is 5.97 Å². The summed E-state index contributed by atoms with van der Waals surface area (Å²) >= 11 is 0. The van der Waals surface area contributed by atoms with Gasteiger partial charge < -0.3 is 20.3 Å². The minimum Gasteiger partial charge on any atom is -0.466 e. The van der Waals surface area contributed by atoms with Gasteiger partial charge in [-0.15, -0.1) is 0 Å². The van der Waals surface area contributed by atoms with Crippen LogP contribution in [-0.2, 0) is 14.3 Å². The first-order valence-electron chi connectivity index (χ1n) is 35.1. The van der Waals surface area contributed by atoms with Crippen molar-refractivity contribution in [2.45, 2.75) is 405 Å². The lowest BCUT2D eigenvalue weighted by Crippen LogP contribution is -2.45. The predicted molar refractivity (Wildman–Crippen MR) is 338 cm³/mol. The first kappa shape index (κ1) is 75.3. The highest BCUT2D eigenvalue weighted by Crippen LogP contribution is 2.18. The van der Waals surface area contributed by atoms with E-state index in [1.165, 1.54) is 327 Å². The molecule has 0 fully saturated rings. The number of hydrogen-bond donors (Lipinski definition) is 3. The Bertz CT molecular complexity index is 1200. The second-order valence-electron chi connectivity index (χ2n) is 24.2. The van der Waals surface area contributed by atoms with Crippen LogP contribution >= 0.6 is 0 Å². The van der Waals surface area contributed by atoms with Crippen LogP contribution in [0.2, 0.25) is 0 Å². The third-order valence-electron chi connectivity index (χ3n) is 16.5. The number of esters is 1. The zero-order valence-corrected chi connectivity index (χ0v) is 52.2. The standard InChI is InChI=1S/C71H137NO5/c1-3-5-7-9-11-13-15-17-19-32-37-41-45-49-53-57-61-65-71(76)77-66-62-58-54-50-46-42-38-34-31-29-27-25-23-21-20-22-24-26-28-30-33-36-40-44-48-52-56-60-64-70(75)72-68(67-73)69(74)63-59-55-51-47-43-39-35-18-16-14-12-10-8-6-4-2/h20-21,59,63,68-69,73-74H,3-19,22-58,60-62,64-67H2,1-2H3,(H,72,75)/b21-20-,63-59+. The van der Waals surface area contributed by atoms with Crippen molar-refractivity contribution in [1.82, 2.24) is 5.32 Å². The van der Waals surface area contributed by atoms with Gasteiger partial charge in [0.1, 0.15) is 0 Å². The SMILES string of the molecule is CCCCCCCCCCCCCCC/C=C/C(O)C(CO)NC(=O)CCCCCCCCCCCCCC/C=C\CCCCCCCCCCCCCCOC(=O)CCCCCCCCCCCCCCCCCCC. The molecular weight excluding hydrogens is 947 g/mol. The van der Waals surface area contributed by atoms with Crippen molar-refractivity contribution in [3.05, 3.63) is 24.3 Å². The summed E-state index contributed by atoms with van der Waals surface area (Å²) in [6.07, 6.45) is 84.0. The molecule has 0 aliphatic carbocycles. The van der Waals surface area contributed by atoms with Crippen molar-refractivity contribution in [3.8, 4) is 0 Å². The lowest BCUT2D eigenvalue weighted by Gasteiger charge is -2.20. The number of rotatable bonds is 66. The molecule has 0 aromatic rings. The summed E-state index contributed by atoms with van der Waals surface area (Å²) in [5.41, 5.74) is 0. The van der Waals surface area contributed by atoms with Crippen molar-refractivity contribution < 1.29 is 24.5 Å². The van der Waals surface area contributed by atoms with Crippen LogP contribution in [0.25, 0.3) is 0 Å². The van der Waals surface area contributed by atoms with Crippen LogP contribution in [0.4, 0.5) is 0 Å². The average Bonchev–Trinajstić information content (AvgIpc) is 3.43. The van der Waals surface area contributed by atoms with E-state index in [4.69, 9.17) is 4.74 Å². The summed E-state index contributed by atoms with van der Waals surface area (Å²) in [7, 11) is 0. The Morgan fingerprint density at radius 1 is 0.351 bits per heavy atom. The van der Waals surface area contributed by atoms with Crippen LogP contribution in [-0.4, -0.2) is 47.4 Å². The highest BCUT2D eigenvalue weighted by Gasteiger charge is 2.18. The number of aliphatic hydroxyl groups is 2. The number of carbonyl (C=O) groups excluding carboxylic acids is 2. The number of ether oxygens (including phenoxy) is 1. The zero-order valence-electron chi connectivity index (χ0n) is 52.2. The molecule has 0 aliphatic rings. The summed E-state index contributed by atoms with van der Waals surface area (Å²) < 4.78 is 5.51. The van der Waals surface area contributed by atoms with Gasteiger partial charge in [0.25, 0.3) is 0 Å². The van der Waals surface area contributed by atoms with E-state index in [1.807, 2.05) is 6.08 Å². The fraction of sp³-hybridized carbons (Fsp3) is 0.915. The number of carbonyl (C=O) groups is 2. The molecule has 0 saturated carbocycles. The number of unbranched alkanes of at least 4 members (excludes halogenated alkanes) is 53. The number of amides is 1. The Morgan fingerprint density at radius 2 is 0.610 bits per heavy atom. The van der Waals surface area contributed by atoms with Crippen molar-refractivity contribution in [1.29, 1.82) is 0 Å². The van der Waals surface area contributed by atoms with Gasteiger partial charge in [-0.2, -0.15) is 0 Å². The van der Waals surface area contributed by atoms with E-state index in [2.05, 4.69) is 31.3 Å². The molecule has 456 valence electrons. The molecule has 3 N–H and O–H groups in total. The summed E-state index contributed by atoms with van der Waals surface area (Å²) in [4.78, 5) is 24.6. The monoisotopic (exact) mass is 1080 g/mol. The molecule has 0 aliphatic heterocycles. The van der Waals surface area contributed by atoms with E-state index in [0.717, 1.165) is 38.5 Å². The summed E-state index contributed by atoms with van der Waals surface area (Å²) in [6.45, 7) is 4.94. The summed E-state index contributed by atoms with van der Waals surface area (Å²) in [5.74, 6) is -0.0455. The Balaban J connectivity index is 3.37. The Hall–Kier alpha value is -1.66. The molecule has 2 unspecified atom stereocenters. The molecule has 0 saturated heterocycles. The van der Waals surface area contributed by atoms with Gasteiger partial charge in [-0.05, 0) is 57.8 Å². The lowest BCUT2D eigenvalue weighted by atomic mass is 10.0. The Kier molecular flexibility index (Phi) is 65.4. The highest BCUT2D eigenvalue weighted by atomic mass is 16.5. The van der Waals surface area contributed by atoms with Gasteiger partial charge in [-0.25, -0.2) is 0 Å². The van der Waals surface area contributed by atoms with Crippen LogP contribution in [0, 0.1) is 0 Å². The summed E-state index contributed by atoms with van der Waals surface area (Å²) in [6, 6.07) is -0.627. The van der Waals surface area contributed by atoms with E-state index in [0.29, 0.717) is 19.4 Å². The molecule has 0 spiro atoms. The molecule has 0 bridgehead atoms. The van der Waals surface area contributed by atoms with Crippen LogP contribution in [0.3, 0.4) is 0 Å². The normalized spacial score (nSPS) is 12.6. The van der Waals surface area contributed by atoms with Gasteiger partial charge in [-0.3, -0.25) is 9.59 Å². The third kappa shape index (κ3) is 63.4. The maximum Gasteiger partial charge on any atom is 0.305 e. The number of allylic oxidation sites excluding steroid dienone is 3. The Labute approximate surface area is 481 Å². The lowest BCUT2D eigenvalue weighted by molar-refractivity contribution is -0.143. The van der Waals surface area contributed by atoms with Crippen molar-refractivity contribution in [3.63, 3.8) is 0 Å². The number of hydrogen-bond acceptors (Lipinski definition) is 5. The van der Waals surface area contributed by atoms with Crippen molar-refractivity contribution >= 4 is 11.9 Å². The van der Waals surface area contributed by atoms with E-state index in [1.54, 1.807) is 6.08 Å². The third-order valence-corrected chi connectivity index (χ3v) is 16.5. The summed E-state index contributed by atoms with van der Waals surface area (Å²) in [5, 5.41) is 23.2. The van der Waals surface area contributed by atoms with Gasteiger partial charge in [0, 0.05) is 12.8 Å². The van der Waals surface area contributed by atoms with Gasteiger partial charge in [-0.1, -0.05) is 346 Å². The topological polar surface area (TPSA) is 95.9 Å². The molecule has 0 radical (unpaired) electrons. The highest BCUT2D eigenvalue weighted by molar-refractivity contribution is 5.76. The molecule has 6 heteroatoms. The van der Waals surface area contributed by atoms with Crippen molar-refractivity contribution in [2.75, 3.05) is 13.2 Å². The second-order valence-corrected chi connectivity index (χ2v) is 24.2. The Morgan fingerprint density at radius 3 is 0.922 bits per heavy atom. The first-order chi connectivity index (χ1) is 38.0. The molecule has 6 nitrogen and oxygen atoms in total. The molecule has 0 aromatic heterocycles. The number of aliphatic hydroxyl groups excluding tert-OH is 2. The average molecular weight is 1080 g/mol. The van der Waals surface area contributed by atoms with Crippen LogP contribution < -0.4 is 5.32 Å². The fourth-order valence-electron chi connectivity index (χ4n) is 11.1. The molecular formula is C71H137NO5. The molecule has 0 heterocycles. The first-order valence-corrected chi connectivity index (χ1v) is 35.1. The predicted octanol–water partition coefficient (Wildman–Crippen LogP) is 22.5. The van der Waals surface area contributed by atoms with Crippen molar-refractivity contribution in [2.24, 2.45) is 0 Å². The smallest absolute Gasteiger partial charge is 0.305 e. The van der Waals surface area contributed by atoms with E-state index in [-0.39, 0.29) is 18.5 Å². The van der Waals surface area contributed by atoms with Gasteiger partial charge in [0.05, 0.1) is 25.4 Å². The molecule has 2 atom stereocenters. The maximum atomic E-state index is 12.5. The zero-order chi connectivity index (χ0) is 55.7. The minimum absolute atomic E-state index is 0.0201. The minimum atomic E-state index is -0.844. The van der Waals surface area contributed by atoms with Crippen LogP contribution in [0.5, 0.6) is 0 Å². The maximum absolute atomic E-state index is 12.5. The molecule has 1 amide bonds. The van der Waals surface area contributed by atoms with E-state index >= 15 is 0 Å². The molecule has 77 heavy (non-hydrogen) atoms. The van der Waals surface area contributed by atoms with Crippen LogP contribution in [0.15, 0.2) is 24.3 Å². The van der Waals surface area contributed by atoms with E-state index < -0.39 is 12.1 Å². The fourth-order valence-corrected chi connectivity index (χ4v) is 11.1. The largest absolute Gasteiger partial charge is 0.466 e. The molecule has 0 aromatic carbocycles. The van der Waals surface area contributed by atoms with Gasteiger partial charge in [0.2, 0.25) is 5.91 Å². The van der Waals surface area contributed by atoms with Gasteiger partial charge in [0.15, 0.2) is 0 Å². The quantitative estimate of drug-likeness (QED) is 0.0320. The second kappa shape index (κ2) is 66.8. The number of nitrogens with one attached hydrogen (secondary N) is 1.